The lowest BCUT2D eigenvalue weighted by atomic mass is 9.67. The molecule has 1 heteroatoms. The summed E-state index contributed by atoms with van der Waals surface area (Å²) in [6.07, 6.45) is 0. The maximum Gasteiger partial charge on any atom is 0.0714 e. The van der Waals surface area contributed by atoms with Crippen molar-refractivity contribution in [3.8, 4) is 44.5 Å². The van der Waals surface area contributed by atoms with Gasteiger partial charge >= 0.3 is 0 Å². The van der Waals surface area contributed by atoms with E-state index >= 15 is 0 Å². The van der Waals surface area contributed by atoms with Gasteiger partial charge in [-0.15, -0.1) is 0 Å². The van der Waals surface area contributed by atoms with E-state index in [0.717, 1.165) is 17.1 Å². The minimum absolute atomic E-state index is 0. The van der Waals surface area contributed by atoms with Gasteiger partial charge in [0.05, 0.1) is 5.41 Å². The maximum atomic E-state index is 2.49. The average molecular weight is 772 g/mol. The SMILES string of the molecule is C.CC1(C)c2ccccc2-c2ccc(N(c3ccc(-c4ccccc4)cc3)c3ccc4c(c3)C(c3ccccc3)(c3ccccc3)c3cccc(-c5ccccc5)c3-4)cc21.[HH]. The zero-order valence-electron chi connectivity index (χ0n) is 33.3. The molecule has 9 aromatic carbocycles. The third kappa shape index (κ3) is 5.61. The van der Waals surface area contributed by atoms with Gasteiger partial charge in [0.25, 0.3) is 0 Å². The van der Waals surface area contributed by atoms with Crippen LogP contribution in [0.3, 0.4) is 0 Å². The van der Waals surface area contributed by atoms with E-state index < -0.39 is 5.41 Å². The van der Waals surface area contributed by atoms with Gasteiger partial charge in [-0.05, 0) is 114 Å². The summed E-state index contributed by atoms with van der Waals surface area (Å²) in [7, 11) is 0. The van der Waals surface area contributed by atoms with E-state index in [4.69, 9.17) is 0 Å². The van der Waals surface area contributed by atoms with Crippen molar-refractivity contribution >= 4 is 17.1 Å². The molecule has 0 aliphatic heterocycles. The molecule has 0 heterocycles. The van der Waals surface area contributed by atoms with E-state index in [2.05, 4.69) is 243 Å². The first-order valence-electron chi connectivity index (χ1n) is 20.7. The molecule has 0 saturated heterocycles. The lowest BCUT2D eigenvalue weighted by Crippen LogP contribution is -2.28. The minimum atomic E-state index is -0.557. The second-order valence-corrected chi connectivity index (χ2v) is 16.5. The Morgan fingerprint density at radius 3 is 1.42 bits per heavy atom. The zero-order valence-corrected chi connectivity index (χ0v) is 33.3. The van der Waals surface area contributed by atoms with Gasteiger partial charge in [0, 0.05) is 23.9 Å². The van der Waals surface area contributed by atoms with Crippen molar-refractivity contribution in [3.05, 3.63) is 258 Å². The summed E-state index contributed by atoms with van der Waals surface area (Å²) in [6, 6.07) is 83.0. The molecule has 2 aliphatic rings. The Morgan fingerprint density at radius 1 is 0.333 bits per heavy atom. The number of nitrogens with zero attached hydrogens (tertiary/aromatic N) is 1. The van der Waals surface area contributed by atoms with Crippen molar-refractivity contribution < 1.29 is 1.43 Å². The molecule has 0 radical (unpaired) electrons. The van der Waals surface area contributed by atoms with E-state index in [0.29, 0.717) is 0 Å². The molecule has 0 N–H and O–H groups in total. The van der Waals surface area contributed by atoms with Crippen LogP contribution in [0.5, 0.6) is 0 Å². The Morgan fingerprint density at radius 2 is 0.783 bits per heavy atom. The van der Waals surface area contributed by atoms with Crippen LogP contribution in [0.15, 0.2) is 224 Å². The Balaban J connectivity index is 0.00000238. The molecule has 0 unspecified atom stereocenters. The molecular formula is C59H49N. The van der Waals surface area contributed by atoms with Crippen LogP contribution in [0, 0.1) is 0 Å². The minimum Gasteiger partial charge on any atom is -0.310 e. The predicted molar refractivity (Wildman–Crippen MR) is 256 cm³/mol. The molecule has 0 amide bonds. The van der Waals surface area contributed by atoms with Crippen LogP contribution < -0.4 is 4.90 Å². The van der Waals surface area contributed by atoms with Crippen LogP contribution >= 0.6 is 0 Å². The summed E-state index contributed by atoms with van der Waals surface area (Å²) >= 11 is 0. The largest absolute Gasteiger partial charge is 0.310 e. The first-order chi connectivity index (χ1) is 29.0. The van der Waals surface area contributed by atoms with Crippen molar-refractivity contribution in [1.29, 1.82) is 0 Å². The maximum absolute atomic E-state index is 2.49. The fourth-order valence-electron chi connectivity index (χ4n) is 10.2. The highest BCUT2D eigenvalue weighted by atomic mass is 15.1. The van der Waals surface area contributed by atoms with Gasteiger partial charge in [0.1, 0.15) is 0 Å². The fraction of sp³-hybridized carbons (Fsp3) is 0.0847. The van der Waals surface area contributed by atoms with Gasteiger partial charge in [-0.25, -0.2) is 0 Å². The zero-order chi connectivity index (χ0) is 39.6. The second-order valence-electron chi connectivity index (χ2n) is 16.5. The molecule has 11 rings (SSSR count). The smallest absolute Gasteiger partial charge is 0.0714 e. The molecule has 60 heavy (non-hydrogen) atoms. The summed E-state index contributed by atoms with van der Waals surface area (Å²) < 4.78 is 0. The number of hydrogen-bond donors (Lipinski definition) is 0. The monoisotopic (exact) mass is 771 g/mol. The molecule has 0 atom stereocenters. The first-order valence-corrected chi connectivity index (χ1v) is 20.7. The summed E-state index contributed by atoms with van der Waals surface area (Å²) in [5.41, 5.74) is 20.6. The highest BCUT2D eigenvalue weighted by Gasteiger charge is 2.47. The Labute approximate surface area is 356 Å². The fourth-order valence-corrected chi connectivity index (χ4v) is 10.2. The molecular weight excluding hydrogens is 723 g/mol. The molecule has 2 aliphatic carbocycles. The van der Waals surface area contributed by atoms with E-state index in [1.54, 1.807) is 0 Å². The van der Waals surface area contributed by atoms with E-state index in [1.165, 1.54) is 77.9 Å². The molecule has 290 valence electrons. The summed E-state index contributed by atoms with van der Waals surface area (Å²) in [5, 5.41) is 0. The summed E-state index contributed by atoms with van der Waals surface area (Å²) in [5.74, 6) is 0. The molecule has 0 saturated carbocycles. The highest BCUT2D eigenvalue weighted by Crippen LogP contribution is 2.59. The lowest BCUT2D eigenvalue weighted by molar-refractivity contribution is 0.660. The third-order valence-electron chi connectivity index (χ3n) is 13.0. The second kappa shape index (κ2) is 14.6. The van der Waals surface area contributed by atoms with Crippen LogP contribution in [0.1, 0.15) is 56.1 Å². The Hall–Kier alpha value is -7.22. The van der Waals surface area contributed by atoms with E-state index in [1.807, 2.05) is 0 Å². The van der Waals surface area contributed by atoms with Gasteiger partial charge in [-0.2, -0.15) is 0 Å². The molecule has 0 bridgehead atoms. The molecule has 1 nitrogen and oxygen atoms in total. The Bertz CT molecular complexity index is 2950. The average Bonchev–Trinajstić information content (AvgIpc) is 3.73. The van der Waals surface area contributed by atoms with E-state index in [9.17, 15) is 0 Å². The molecule has 0 fully saturated rings. The van der Waals surface area contributed by atoms with Gasteiger partial charge < -0.3 is 4.90 Å². The number of benzene rings is 9. The predicted octanol–water partition coefficient (Wildman–Crippen LogP) is 16.0. The number of fused-ring (bicyclic) bond motifs is 6. The number of hydrogen-bond acceptors (Lipinski definition) is 1. The molecule has 0 spiro atoms. The van der Waals surface area contributed by atoms with Gasteiger partial charge in [-0.1, -0.05) is 209 Å². The summed E-state index contributed by atoms with van der Waals surface area (Å²) in [6.45, 7) is 4.73. The van der Waals surface area contributed by atoms with E-state index in [-0.39, 0.29) is 14.3 Å². The van der Waals surface area contributed by atoms with Gasteiger partial charge in [0.2, 0.25) is 0 Å². The topological polar surface area (TPSA) is 3.24 Å². The van der Waals surface area contributed by atoms with Crippen LogP contribution in [0.4, 0.5) is 17.1 Å². The highest BCUT2D eigenvalue weighted by molar-refractivity contribution is 5.97. The lowest BCUT2D eigenvalue weighted by Gasteiger charge is -2.35. The third-order valence-corrected chi connectivity index (χ3v) is 13.0. The van der Waals surface area contributed by atoms with Crippen LogP contribution in [-0.2, 0) is 10.8 Å². The van der Waals surface area contributed by atoms with Crippen molar-refractivity contribution in [2.45, 2.75) is 32.1 Å². The van der Waals surface area contributed by atoms with Gasteiger partial charge in [0.15, 0.2) is 0 Å². The number of anilines is 3. The Kier molecular flexibility index (Phi) is 8.99. The molecule has 0 aromatic heterocycles. The van der Waals surface area contributed by atoms with Crippen molar-refractivity contribution in [3.63, 3.8) is 0 Å². The van der Waals surface area contributed by atoms with Gasteiger partial charge in [-0.3, -0.25) is 0 Å². The van der Waals surface area contributed by atoms with Crippen LogP contribution in [0.2, 0.25) is 0 Å². The van der Waals surface area contributed by atoms with Crippen LogP contribution in [-0.4, -0.2) is 0 Å². The van der Waals surface area contributed by atoms with Crippen LogP contribution in [0.25, 0.3) is 44.5 Å². The summed E-state index contributed by atoms with van der Waals surface area (Å²) in [4.78, 5) is 2.47. The normalized spacial score (nSPS) is 13.6. The van der Waals surface area contributed by atoms with Crippen molar-refractivity contribution in [1.82, 2.24) is 0 Å². The molecule has 9 aromatic rings. The first kappa shape index (κ1) is 37.1. The standard InChI is InChI=1S/C58H43N.CH4.H2/c1-57(2)52-28-16-15-26-49(52)50-36-34-46(38-54(50)57)59(45-32-30-41(31-33-45)40-18-7-3-8-19-40)47-35-37-51-55(39-47)58(43-22-11-5-12-23-43,44-24-13-6-14-25-44)53-29-17-27-48(56(51)53)42-20-9-4-10-21-42;;/h3-39H,1-2H3;1H4;1H. The van der Waals surface area contributed by atoms with Crippen molar-refractivity contribution in [2.24, 2.45) is 0 Å². The quantitative estimate of drug-likeness (QED) is 0.156. The van der Waals surface area contributed by atoms with Crippen molar-refractivity contribution in [2.75, 3.05) is 4.90 Å². The number of rotatable bonds is 7.